The zero-order valence-electron chi connectivity index (χ0n) is 34.8. The molecule has 0 N–H and O–H groups in total. The first-order chi connectivity index (χ1) is 26.0. The van der Waals surface area contributed by atoms with Crippen LogP contribution >= 0.6 is 0 Å². The van der Waals surface area contributed by atoms with Gasteiger partial charge in [0.15, 0.2) is 6.10 Å². The Kier molecular flexibility index (Phi) is 40.0. The Hall–Kier alpha value is -2.63. The molecule has 0 saturated carbocycles. The highest BCUT2D eigenvalue weighted by Gasteiger charge is 2.19. The average molecular weight is 743 g/mol. The molecule has 0 aliphatic carbocycles. The van der Waals surface area contributed by atoms with Gasteiger partial charge in [-0.2, -0.15) is 0 Å². The van der Waals surface area contributed by atoms with E-state index in [4.69, 9.17) is 14.2 Å². The van der Waals surface area contributed by atoms with E-state index in [9.17, 15) is 14.4 Å². The number of rotatable bonds is 39. The lowest BCUT2D eigenvalue weighted by molar-refractivity contribution is -0.167. The van der Waals surface area contributed by atoms with E-state index in [2.05, 4.69) is 69.4 Å². The number of ether oxygens (including phenoxy) is 3. The second kappa shape index (κ2) is 42.1. The van der Waals surface area contributed by atoms with Gasteiger partial charge in [0.1, 0.15) is 13.2 Å². The van der Waals surface area contributed by atoms with Gasteiger partial charge in [-0.1, -0.05) is 166 Å². The van der Waals surface area contributed by atoms with Gasteiger partial charge in [-0.15, -0.1) is 0 Å². The number of unbranched alkanes of at least 4 members (excludes halogenated alkanes) is 20. The summed E-state index contributed by atoms with van der Waals surface area (Å²) in [5.41, 5.74) is 0. The summed E-state index contributed by atoms with van der Waals surface area (Å²) >= 11 is 0. The minimum absolute atomic E-state index is 0.0839. The van der Waals surface area contributed by atoms with E-state index in [0.29, 0.717) is 19.3 Å². The molecule has 0 radical (unpaired) electrons. The highest BCUT2D eigenvalue weighted by atomic mass is 16.6. The molecule has 0 bridgehead atoms. The summed E-state index contributed by atoms with van der Waals surface area (Å²) in [6.45, 7) is 6.45. The highest BCUT2D eigenvalue weighted by Crippen LogP contribution is 2.13. The molecule has 0 aromatic rings. The highest BCUT2D eigenvalue weighted by molar-refractivity contribution is 5.71. The number of hydrogen-bond donors (Lipinski definition) is 0. The van der Waals surface area contributed by atoms with Crippen LogP contribution in [0.2, 0.25) is 0 Å². The first kappa shape index (κ1) is 50.4. The lowest BCUT2D eigenvalue weighted by Gasteiger charge is -2.18. The molecule has 0 fully saturated rings. The van der Waals surface area contributed by atoms with Crippen molar-refractivity contribution in [3.8, 4) is 0 Å². The molecule has 6 nitrogen and oxygen atoms in total. The molecule has 306 valence electrons. The summed E-state index contributed by atoms with van der Waals surface area (Å²) in [5.74, 6) is -0.925. The Balaban J connectivity index is 4.32. The fourth-order valence-corrected chi connectivity index (χ4v) is 5.92. The third-order valence-corrected chi connectivity index (χ3v) is 9.29. The lowest BCUT2D eigenvalue weighted by Crippen LogP contribution is -2.30. The first-order valence-corrected chi connectivity index (χ1v) is 22.1. The second-order valence-corrected chi connectivity index (χ2v) is 14.6. The second-order valence-electron chi connectivity index (χ2n) is 14.6. The zero-order chi connectivity index (χ0) is 38.7. The Bertz CT molecular complexity index is 949. The third kappa shape index (κ3) is 40.4. The van der Waals surface area contributed by atoms with Crippen LogP contribution in [0.25, 0.3) is 0 Å². The molecule has 1 atom stereocenters. The maximum Gasteiger partial charge on any atom is 0.306 e. The van der Waals surface area contributed by atoms with Gasteiger partial charge in [-0.05, 0) is 77.0 Å². The predicted octanol–water partition coefficient (Wildman–Crippen LogP) is 14.0. The normalized spacial score (nSPS) is 12.4. The molecule has 0 rings (SSSR count). The van der Waals surface area contributed by atoms with Crippen LogP contribution in [0.15, 0.2) is 48.6 Å². The van der Waals surface area contributed by atoms with Gasteiger partial charge in [0.2, 0.25) is 0 Å². The Morgan fingerprint density at radius 1 is 0.377 bits per heavy atom. The quantitative estimate of drug-likeness (QED) is 0.0270. The summed E-state index contributed by atoms with van der Waals surface area (Å²) in [6.07, 6.45) is 48.2. The zero-order valence-corrected chi connectivity index (χ0v) is 34.8. The van der Waals surface area contributed by atoms with Crippen molar-refractivity contribution in [2.24, 2.45) is 0 Å². The maximum absolute atomic E-state index is 12.7. The molecule has 0 aromatic carbocycles. The number of allylic oxidation sites excluding steroid dienone is 8. The predicted molar refractivity (Wildman–Crippen MR) is 224 cm³/mol. The molecule has 0 amide bonds. The Labute approximate surface area is 327 Å². The van der Waals surface area contributed by atoms with Crippen LogP contribution in [-0.2, 0) is 28.6 Å². The van der Waals surface area contributed by atoms with Crippen molar-refractivity contribution in [3.63, 3.8) is 0 Å². The van der Waals surface area contributed by atoms with Crippen molar-refractivity contribution >= 4 is 17.9 Å². The van der Waals surface area contributed by atoms with Gasteiger partial charge in [-0.3, -0.25) is 14.4 Å². The summed E-state index contributed by atoms with van der Waals surface area (Å²) in [6, 6.07) is 0. The van der Waals surface area contributed by atoms with Crippen LogP contribution in [0.3, 0.4) is 0 Å². The van der Waals surface area contributed by atoms with Crippen LogP contribution in [0.4, 0.5) is 0 Å². The minimum atomic E-state index is -0.780. The first-order valence-electron chi connectivity index (χ1n) is 22.1. The SMILES string of the molecule is CCC/C=C\C/C=C\CCCCCCCC(=O)OC(COC(=O)CCCCCCCC)COC(=O)CCCCCCC/C=C\C/C=C\CCCCCC. The van der Waals surface area contributed by atoms with Crippen LogP contribution in [-0.4, -0.2) is 37.2 Å². The summed E-state index contributed by atoms with van der Waals surface area (Å²) in [5, 5.41) is 0. The fraction of sp³-hybridized carbons (Fsp3) is 0.766. The average Bonchev–Trinajstić information content (AvgIpc) is 3.15. The molecular formula is C47H82O6. The summed E-state index contributed by atoms with van der Waals surface area (Å²) in [7, 11) is 0. The van der Waals surface area contributed by atoms with Gasteiger partial charge < -0.3 is 14.2 Å². The smallest absolute Gasteiger partial charge is 0.306 e. The number of hydrogen-bond acceptors (Lipinski definition) is 6. The van der Waals surface area contributed by atoms with Crippen molar-refractivity contribution in [2.75, 3.05) is 13.2 Å². The van der Waals surface area contributed by atoms with E-state index in [1.54, 1.807) is 0 Å². The van der Waals surface area contributed by atoms with Gasteiger partial charge in [0.25, 0.3) is 0 Å². The van der Waals surface area contributed by atoms with Gasteiger partial charge in [0, 0.05) is 19.3 Å². The molecule has 0 aliphatic heterocycles. The number of carbonyl (C=O) groups is 3. The lowest BCUT2D eigenvalue weighted by atomic mass is 10.1. The maximum atomic E-state index is 12.7. The van der Waals surface area contributed by atoms with E-state index in [1.807, 2.05) is 0 Å². The van der Waals surface area contributed by atoms with E-state index in [1.165, 1.54) is 64.2 Å². The topological polar surface area (TPSA) is 78.9 Å². The number of carbonyl (C=O) groups excluding carboxylic acids is 3. The molecule has 0 saturated heterocycles. The van der Waals surface area contributed by atoms with Crippen molar-refractivity contribution < 1.29 is 28.6 Å². The van der Waals surface area contributed by atoms with Crippen molar-refractivity contribution in [1.29, 1.82) is 0 Å². The van der Waals surface area contributed by atoms with Gasteiger partial charge in [-0.25, -0.2) is 0 Å². The molecule has 53 heavy (non-hydrogen) atoms. The third-order valence-electron chi connectivity index (χ3n) is 9.29. The summed E-state index contributed by atoms with van der Waals surface area (Å²) in [4.78, 5) is 37.5. The van der Waals surface area contributed by atoms with Gasteiger partial charge in [0.05, 0.1) is 0 Å². The Morgan fingerprint density at radius 3 is 1.13 bits per heavy atom. The fourth-order valence-electron chi connectivity index (χ4n) is 5.92. The molecule has 6 heteroatoms. The monoisotopic (exact) mass is 743 g/mol. The van der Waals surface area contributed by atoms with Crippen molar-refractivity contribution in [2.45, 2.75) is 219 Å². The van der Waals surface area contributed by atoms with E-state index < -0.39 is 6.10 Å². The molecule has 1 unspecified atom stereocenters. The minimum Gasteiger partial charge on any atom is -0.462 e. The van der Waals surface area contributed by atoms with E-state index >= 15 is 0 Å². The standard InChI is InChI=1S/C47H82O6/c1-4-7-10-13-16-18-20-22-23-24-26-27-29-31-34-37-40-46(49)52-43-44(42-51-45(48)39-36-33-15-12-9-6-3)53-47(50)41-38-35-32-30-28-25-21-19-17-14-11-8-5-2/h11,14,18-21,23-24,44H,4-10,12-13,15-17,22,25-43H2,1-3H3/b14-11-,20-18-,21-19-,24-23-. The van der Waals surface area contributed by atoms with Gasteiger partial charge >= 0.3 is 17.9 Å². The van der Waals surface area contributed by atoms with Crippen LogP contribution in [0.5, 0.6) is 0 Å². The van der Waals surface area contributed by atoms with Crippen molar-refractivity contribution in [3.05, 3.63) is 48.6 Å². The van der Waals surface area contributed by atoms with Crippen molar-refractivity contribution in [1.82, 2.24) is 0 Å². The van der Waals surface area contributed by atoms with Crippen LogP contribution in [0, 0.1) is 0 Å². The summed E-state index contributed by atoms with van der Waals surface area (Å²) < 4.78 is 16.6. The van der Waals surface area contributed by atoms with E-state index in [0.717, 1.165) is 109 Å². The largest absolute Gasteiger partial charge is 0.462 e. The molecule has 0 heterocycles. The molecule has 0 spiro atoms. The molecule has 0 aliphatic rings. The number of esters is 3. The molecule has 0 aromatic heterocycles. The van der Waals surface area contributed by atoms with Crippen LogP contribution in [0.1, 0.15) is 213 Å². The van der Waals surface area contributed by atoms with E-state index in [-0.39, 0.29) is 31.1 Å². The molecular weight excluding hydrogens is 661 g/mol. The Morgan fingerprint density at radius 2 is 0.717 bits per heavy atom. The van der Waals surface area contributed by atoms with Crippen LogP contribution < -0.4 is 0 Å².